The average molecular weight is 775 g/mol. The molecule has 1 aliphatic rings. The quantitative estimate of drug-likeness (QED) is 0.201. The fourth-order valence-electron chi connectivity index (χ4n) is 6.02. The number of hydrogen-bond acceptors (Lipinski definition) is 10. The van der Waals surface area contributed by atoms with E-state index in [1.54, 1.807) is 84.9 Å². The van der Waals surface area contributed by atoms with Gasteiger partial charge in [0.25, 0.3) is 0 Å². The van der Waals surface area contributed by atoms with E-state index in [2.05, 4.69) is 16.0 Å². The molecule has 1 heterocycles. The lowest BCUT2D eigenvalue weighted by atomic mass is 9.91. The van der Waals surface area contributed by atoms with Gasteiger partial charge in [0.1, 0.15) is 55.2 Å². The van der Waals surface area contributed by atoms with Crippen molar-refractivity contribution in [1.82, 2.24) is 20.9 Å². The number of nitrogens with one attached hydrogen (secondary N) is 3. The van der Waals surface area contributed by atoms with E-state index in [4.69, 9.17) is 18.9 Å². The minimum absolute atomic E-state index is 0.0779. The normalized spacial score (nSPS) is 21.5. The van der Waals surface area contributed by atoms with Crippen LogP contribution >= 0.6 is 0 Å². The van der Waals surface area contributed by atoms with Crippen molar-refractivity contribution >= 4 is 29.8 Å². The highest BCUT2D eigenvalue weighted by Gasteiger charge is 2.45. The van der Waals surface area contributed by atoms with Crippen LogP contribution in [0.4, 0.5) is 4.79 Å². The number of nitrogens with zero attached hydrogens (tertiary/aromatic N) is 1. The molecule has 0 unspecified atom stereocenters. The van der Waals surface area contributed by atoms with Crippen LogP contribution < -0.4 is 25.4 Å². The molecule has 0 saturated carbocycles. The second-order valence-electron chi connectivity index (χ2n) is 15.3. The van der Waals surface area contributed by atoms with Crippen LogP contribution in [-0.2, 0) is 41.9 Å². The Hall–Kier alpha value is -5.63. The Bertz CT molecular complexity index is 1830. The molecule has 56 heavy (non-hydrogen) atoms. The third-order valence-corrected chi connectivity index (χ3v) is 9.30. The van der Waals surface area contributed by atoms with Gasteiger partial charge < -0.3 is 40.0 Å². The van der Waals surface area contributed by atoms with E-state index in [0.29, 0.717) is 5.56 Å². The summed E-state index contributed by atoms with van der Waals surface area (Å²) in [5.41, 5.74) is -0.576. The number of rotatable bonds is 11. The lowest BCUT2D eigenvalue weighted by Gasteiger charge is -2.38. The van der Waals surface area contributed by atoms with Crippen molar-refractivity contribution in [3.05, 3.63) is 95.6 Å². The van der Waals surface area contributed by atoms with Crippen LogP contribution in [0.25, 0.3) is 0 Å². The number of hydrogen-bond donors (Lipinski definition) is 4. The van der Waals surface area contributed by atoms with Gasteiger partial charge in [0.15, 0.2) is 11.5 Å². The van der Waals surface area contributed by atoms with Gasteiger partial charge in [0.2, 0.25) is 17.7 Å². The molecular weight excluding hydrogens is 720 g/mol. The van der Waals surface area contributed by atoms with Crippen molar-refractivity contribution in [2.75, 3.05) is 13.6 Å². The van der Waals surface area contributed by atoms with Gasteiger partial charge in [0.05, 0.1) is 0 Å². The zero-order valence-electron chi connectivity index (χ0n) is 33.3. The van der Waals surface area contributed by atoms with E-state index in [-0.39, 0.29) is 36.7 Å². The topological polar surface area (TPSA) is 182 Å². The number of carbonyl (C=O) groups excluding carboxylic acids is 5. The average Bonchev–Trinajstić information content (AvgIpc) is 3.16. The molecule has 1 aliphatic heterocycles. The smallest absolute Gasteiger partial charge is 0.410 e. The number of aliphatic hydroxyl groups is 1. The Balaban J connectivity index is 1.79. The molecule has 14 heteroatoms. The van der Waals surface area contributed by atoms with Gasteiger partial charge in [-0.1, -0.05) is 87.5 Å². The number of benzene rings is 3. The number of likely N-dealkylation sites (N-methyl/N-ethyl adjacent to an activating group) is 1. The number of carbonyl (C=O) groups is 5. The summed E-state index contributed by atoms with van der Waals surface area (Å²) in [4.78, 5) is 69.5. The number of fused-ring (bicyclic) bond motifs is 2. The number of ether oxygens (including phenoxy) is 4. The molecule has 0 fully saturated rings. The van der Waals surface area contributed by atoms with Crippen LogP contribution in [0.5, 0.6) is 11.5 Å². The van der Waals surface area contributed by atoms with Gasteiger partial charge >= 0.3 is 12.1 Å². The molecule has 0 radical (unpaired) electrons. The molecule has 3 aromatic carbocycles. The maximum atomic E-state index is 14.2. The molecule has 0 aliphatic carbocycles. The van der Waals surface area contributed by atoms with Crippen molar-refractivity contribution in [1.29, 1.82) is 0 Å². The fraction of sp³-hybridized carbons (Fsp3) is 0.452. The maximum absolute atomic E-state index is 14.2. The van der Waals surface area contributed by atoms with E-state index in [0.717, 1.165) is 10.5 Å². The van der Waals surface area contributed by atoms with Crippen molar-refractivity contribution in [2.45, 2.75) is 104 Å². The van der Waals surface area contributed by atoms with E-state index >= 15 is 0 Å². The Morgan fingerprint density at radius 2 is 1.54 bits per heavy atom. The summed E-state index contributed by atoms with van der Waals surface area (Å²) in [7, 11) is 1.32. The zero-order valence-corrected chi connectivity index (χ0v) is 33.3. The van der Waals surface area contributed by atoms with Crippen molar-refractivity contribution < 1.29 is 48.0 Å². The molecule has 3 aromatic rings. The third-order valence-electron chi connectivity index (χ3n) is 9.30. The predicted molar refractivity (Wildman–Crippen MR) is 207 cm³/mol. The monoisotopic (exact) mass is 774 g/mol. The standard InChI is InChI=1S/C42H54N4O10/c1-9-42(7)36(39(51)43-23-32(47)56-41(4,5)6)45-37(49)33(26(2)3)44-38(50)34(46(8)40(52)54-25-28-18-14-11-15-19-28)35(48)29-20-21-30(31(22-29)55-42)53-24-27-16-12-10-13-17-27/h10-22,26,33-36,48H,9,23-25H2,1-8H3,(H,43,51)(H,44,50)(H,45,49)/t33-,34-,35+,36+,42-/m0/s1. The van der Waals surface area contributed by atoms with Gasteiger partial charge in [-0.3, -0.25) is 24.1 Å². The van der Waals surface area contributed by atoms with Gasteiger partial charge in [-0.05, 0) is 68.9 Å². The lowest BCUT2D eigenvalue weighted by molar-refractivity contribution is -0.155. The number of esters is 1. The highest BCUT2D eigenvalue weighted by atomic mass is 16.6. The number of aliphatic hydroxyl groups excluding tert-OH is 1. The van der Waals surface area contributed by atoms with Gasteiger partial charge in [0, 0.05) is 7.05 Å². The first-order valence-electron chi connectivity index (χ1n) is 18.6. The van der Waals surface area contributed by atoms with Crippen LogP contribution in [0.15, 0.2) is 78.9 Å². The second-order valence-corrected chi connectivity index (χ2v) is 15.3. The summed E-state index contributed by atoms with van der Waals surface area (Å²) in [6.45, 7) is 11.4. The Kier molecular flexibility index (Phi) is 14.5. The maximum Gasteiger partial charge on any atom is 0.410 e. The molecule has 2 bridgehead atoms. The molecule has 5 atom stereocenters. The van der Waals surface area contributed by atoms with Crippen LogP contribution in [0.2, 0.25) is 0 Å². The van der Waals surface area contributed by atoms with Crippen LogP contribution in [-0.4, -0.2) is 82.7 Å². The van der Waals surface area contributed by atoms with Crippen molar-refractivity contribution in [2.24, 2.45) is 5.92 Å². The van der Waals surface area contributed by atoms with E-state index < -0.39 is 77.7 Å². The van der Waals surface area contributed by atoms with Gasteiger partial charge in [-0.25, -0.2) is 4.79 Å². The molecule has 0 spiro atoms. The van der Waals surface area contributed by atoms with E-state index in [1.807, 2.05) is 36.4 Å². The van der Waals surface area contributed by atoms with Crippen LogP contribution in [0.1, 0.15) is 77.7 Å². The summed E-state index contributed by atoms with van der Waals surface area (Å²) >= 11 is 0. The van der Waals surface area contributed by atoms with E-state index in [9.17, 15) is 29.1 Å². The Labute approximate surface area is 328 Å². The Morgan fingerprint density at radius 1 is 0.929 bits per heavy atom. The largest absolute Gasteiger partial charge is 0.485 e. The highest BCUT2D eigenvalue weighted by molar-refractivity contribution is 5.95. The summed E-state index contributed by atoms with van der Waals surface area (Å²) in [6, 6.07) is 18.6. The third kappa shape index (κ3) is 11.4. The van der Waals surface area contributed by atoms with Crippen molar-refractivity contribution in [3.63, 3.8) is 0 Å². The second kappa shape index (κ2) is 18.8. The highest BCUT2D eigenvalue weighted by Crippen LogP contribution is 2.37. The minimum atomic E-state index is -1.66. The predicted octanol–water partition coefficient (Wildman–Crippen LogP) is 4.58. The van der Waals surface area contributed by atoms with Gasteiger partial charge in [-0.2, -0.15) is 0 Å². The Morgan fingerprint density at radius 3 is 2.11 bits per heavy atom. The molecule has 14 nitrogen and oxygen atoms in total. The first kappa shape index (κ1) is 43.1. The van der Waals surface area contributed by atoms with Crippen LogP contribution in [0.3, 0.4) is 0 Å². The van der Waals surface area contributed by atoms with Crippen LogP contribution in [0, 0.1) is 5.92 Å². The number of amides is 4. The van der Waals surface area contributed by atoms with Crippen molar-refractivity contribution in [3.8, 4) is 11.5 Å². The lowest BCUT2D eigenvalue weighted by Crippen LogP contribution is -2.65. The summed E-state index contributed by atoms with van der Waals surface area (Å²) in [6.07, 6.45) is -2.41. The fourth-order valence-corrected chi connectivity index (χ4v) is 6.02. The summed E-state index contributed by atoms with van der Waals surface area (Å²) in [5.74, 6) is -3.27. The first-order chi connectivity index (χ1) is 26.4. The molecule has 4 N–H and O–H groups in total. The van der Waals surface area contributed by atoms with Gasteiger partial charge in [-0.15, -0.1) is 0 Å². The molecular formula is C42H54N4O10. The molecule has 0 saturated heterocycles. The van der Waals surface area contributed by atoms with E-state index in [1.165, 1.54) is 13.1 Å². The summed E-state index contributed by atoms with van der Waals surface area (Å²) < 4.78 is 23.7. The SMILES string of the molecule is CC[C@]1(C)Oc2cc(ccc2OCc2ccccc2)[C@@H](O)[C@H](N(C)C(=O)OCc2ccccc2)C(=O)N[C@@H](C(C)C)C(=O)N[C@@H]1C(=O)NCC(=O)OC(C)(C)C. The minimum Gasteiger partial charge on any atom is -0.485 e. The molecule has 0 aromatic heterocycles. The molecule has 4 amide bonds. The molecule has 302 valence electrons. The molecule has 4 rings (SSSR count). The summed E-state index contributed by atoms with van der Waals surface area (Å²) in [5, 5.41) is 20.0. The zero-order chi connectivity index (χ0) is 41.2. The first-order valence-corrected chi connectivity index (χ1v) is 18.6.